The Balaban J connectivity index is 2.55. The van der Waals surface area contributed by atoms with Crippen LogP contribution >= 0.6 is 0 Å². The van der Waals surface area contributed by atoms with Crippen molar-refractivity contribution in [2.75, 3.05) is 0 Å². The van der Waals surface area contributed by atoms with Gasteiger partial charge in [0.05, 0.1) is 11.6 Å². The molecule has 71 valence electrons. The van der Waals surface area contributed by atoms with Crippen LogP contribution in [-0.4, -0.2) is 0 Å². The van der Waals surface area contributed by atoms with Crippen LogP contribution in [0.25, 0.3) is 11.1 Å². The fraction of sp³-hybridized carbons (Fsp3) is 0. The Morgan fingerprint density at radius 2 is 2.13 bits per heavy atom. The molecule has 2 heteroatoms. The van der Waals surface area contributed by atoms with Crippen LogP contribution in [0, 0.1) is 23.2 Å². The van der Waals surface area contributed by atoms with Gasteiger partial charge in [-0.3, -0.25) is 0 Å². The van der Waals surface area contributed by atoms with Crippen molar-refractivity contribution < 1.29 is 4.39 Å². The van der Waals surface area contributed by atoms with Gasteiger partial charge in [-0.05, 0) is 29.8 Å². The van der Waals surface area contributed by atoms with Crippen molar-refractivity contribution >= 4 is 0 Å². The van der Waals surface area contributed by atoms with Crippen molar-refractivity contribution in [1.82, 2.24) is 0 Å². The number of rotatable bonds is 1. The SMILES string of the molecule is N#Cc1cccc(-c2cc[c]cc2F)c1. The number of hydrogen-bond acceptors (Lipinski definition) is 1. The van der Waals surface area contributed by atoms with Crippen LogP contribution in [0.15, 0.2) is 42.5 Å². The molecule has 15 heavy (non-hydrogen) atoms. The standard InChI is InChI=1S/C13H7FN/c14-13-7-2-1-6-12(13)11-5-3-4-10(8-11)9-15/h1,3-8H. The van der Waals surface area contributed by atoms with Crippen molar-refractivity contribution in [1.29, 1.82) is 5.26 Å². The lowest BCUT2D eigenvalue weighted by atomic mass is 10.0. The molecule has 0 N–H and O–H groups in total. The first-order valence-electron chi connectivity index (χ1n) is 4.47. The molecule has 1 radical (unpaired) electrons. The molecular weight excluding hydrogens is 189 g/mol. The summed E-state index contributed by atoms with van der Waals surface area (Å²) in [5.74, 6) is -0.326. The van der Waals surface area contributed by atoms with Crippen LogP contribution < -0.4 is 0 Å². The van der Waals surface area contributed by atoms with Crippen molar-refractivity contribution in [3.63, 3.8) is 0 Å². The van der Waals surface area contributed by atoms with E-state index in [1.807, 2.05) is 6.07 Å². The first-order chi connectivity index (χ1) is 7.31. The third-order valence-corrected chi connectivity index (χ3v) is 2.12. The molecule has 0 aliphatic heterocycles. The highest BCUT2D eigenvalue weighted by atomic mass is 19.1. The maximum Gasteiger partial charge on any atom is 0.131 e. The monoisotopic (exact) mass is 196 g/mol. The Morgan fingerprint density at radius 3 is 2.87 bits per heavy atom. The number of halogens is 1. The molecule has 0 atom stereocenters. The summed E-state index contributed by atoms with van der Waals surface area (Å²) < 4.78 is 13.4. The lowest BCUT2D eigenvalue weighted by molar-refractivity contribution is 0.631. The molecule has 2 rings (SSSR count). The van der Waals surface area contributed by atoms with Crippen LogP contribution in [0.3, 0.4) is 0 Å². The van der Waals surface area contributed by atoms with Gasteiger partial charge in [-0.2, -0.15) is 5.26 Å². The van der Waals surface area contributed by atoms with Gasteiger partial charge in [0, 0.05) is 5.56 Å². The van der Waals surface area contributed by atoms with E-state index in [9.17, 15) is 4.39 Å². The van der Waals surface area contributed by atoms with E-state index in [1.165, 1.54) is 6.07 Å². The maximum atomic E-state index is 13.4. The predicted octanol–water partition coefficient (Wildman–Crippen LogP) is 3.16. The molecule has 2 aromatic rings. The fourth-order valence-corrected chi connectivity index (χ4v) is 1.40. The highest BCUT2D eigenvalue weighted by Crippen LogP contribution is 2.22. The molecule has 0 spiro atoms. The van der Waals surface area contributed by atoms with Crippen LogP contribution in [-0.2, 0) is 0 Å². The van der Waals surface area contributed by atoms with Gasteiger partial charge < -0.3 is 0 Å². The zero-order chi connectivity index (χ0) is 10.7. The second-order valence-electron chi connectivity index (χ2n) is 3.10. The Hall–Kier alpha value is -2.14. The molecular formula is C13H7FN. The molecule has 1 nitrogen and oxygen atoms in total. The zero-order valence-corrected chi connectivity index (χ0v) is 7.87. The van der Waals surface area contributed by atoms with E-state index < -0.39 is 0 Å². The minimum absolute atomic E-state index is 0.326. The van der Waals surface area contributed by atoms with E-state index in [1.54, 1.807) is 36.4 Å². The van der Waals surface area contributed by atoms with E-state index in [0.29, 0.717) is 16.7 Å². The highest BCUT2D eigenvalue weighted by molar-refractivity contribution is 5.65. The van der Waals surface area contributed by atoms with Crippen LogP contribution in [0.4, 0.5) is 4.39 Å². The van der Waals surface area contributed by atoms with Gasteiger partial charge >= 0.3 is 0 Å². The molecule has 0 aliphatic carbocycles. The smallest absolute Gasteiger partial charge is 0.131 e. The normalized spacial score (nSPS) is 9.60. The molecule has 0 fully saturated rings. The zero-order valence-electron chi connectivity index (χ0n) is 7.87. The summed E-state index contributed by atoms with van der Waals surface area (Å²) in [6.07, 6.45) is 0. The largest absolute Gasteiger partial charge is 0.206 e. The quantitative estimate of drug-likeness (QED) is 0.687. The Labute approximate surface area is 87.4 Å². The summed E-state index contributed by atoms with van der Waals surface area (Å²) in [7, 11) is 0. The fourth-order valence-electron chi connectivity index (χ4n) is 1.40. The maximum absolute atomic E-state index is 13.4. The Morgan fingerprint density at radius 1 is 1.27 bits per heavy atom. The first kappa shape index (κ1) is 9.42. The van der Waals surface area contributed by atoms with Gasteiger partial charge in [-0.15, -0.1) is 0 Å². The number of nitrogens with zero attached hydrogens (tertiary/aromatic N) is 1. The summed E-state index contributed by atoms with van der Waals surface area (Å²) in [6.45, 7) is 0. The van der Waals surface area contributed by atoms with Gasteiger partial charge in [0.15, 0.2) is 0 Å². The molecule has 0 saturated heterocycles. The average Bonchev–Trinajstić information content (AvgIpc) is 2.30. The summed E-state index contributed by atoms with van der Waals surface area (Å²) in [5, 5.41) is 8.73. The Bertz CT molecular complexity index is 526. The van der Waals surface area contributed by atoms with Gasteiger partial charge in [0.2, 0.25) is 0 Å². The van der Waals surface area contributed by atoms with Gasteiger partial charge in [0.1, 0.15) is 5.82 Å². The molecule has 0 aromatic heterocycles. The van der Waals surface area contributed by atoms with Crippen LogP contribution in [0.2, 0.25) is 0 Å². The predicted molar refractivity (Wildman–Crippen MR) is 55.4 cm³/mol. The van der Waals surface area contributed by atoms with Gasteiger partial charge in [-0.25, -0.2) is 4.39 Å². The van der Waals surface area contributed by atoms with Crippen LogP contribution in [0.5, 0.6) is 0 Å². The lowest BCUT2D eigenvalue weighted by Gasteiger charge is -2.02. The second kappa shape index (κ2) is 3.93. The molecule has 0 saturated carbocycles. The first-order valence-corrected chi connectivity index (χ1v) is 4.47. The highest BCUT2D eigenvalue weighted by Gasteiger charge is 2.03. The third-order valence-electron chi connectivity index (χ3n) is 2.12. The summed E-state index contributed by atoms with van der Waals surface area (Å²) >= 11 is 0. The molecule has 0 heterocycles. The van der Waals surface area contributed by atoms with Gasteiger partial charge in [0.25, 0.3) is 0 Å². The van der Waals surface area contributed by atoms with Crippen molar-refractivity contribution in [3.05, 3.63) is 59.9 Å². The summed E-state index contributed by atoms with van der Waals surface area (Å²) in [5.41, 5.74) is 1.73. The van der Waals surface area contributed by atoms with E-state index in [2.05, 4.69) is 6.07 Å². The Kier molecular flexibility index (Phi) is 2.47. The average molecular weight is 196 g/mol. The van der Waals surface area contributed by atoms with Crippen molar-refractivity contribution in [2.24, 2.45) is 0 Å². The second-order valence-corrected chi connectivity index (χ2v) is 3.10. The summed E-state index contributed by atoms with van der Waals surface area (Å²) in [4.78, 5) is 0. The number of nitriles is 1. The summed E-state index contributed by atoms with van der Waals surface area (Å²) in [6, 6.07) is 16.1. The number of benzene rings is 2. The van der Waals surface area contributed by atoms with E-state index in [4.69, 9.17) is 5.26 Å². The molecule has 0 unspecified atom stereocenters. The van der Waals surface area contributed by atoms with Crippen molar-refractivity contribution in [3.8, 4) is 17.2 Å². The van der Waals surface area contributed by atoms with Crippen molar-refractivity contribution in [2.45, 2.75) is 0 Å². The van der Waals surface area contributed by atoms with E-state index >= 15 is 0 Å². The van der Waals surface area contributed by atoms with Crippen LogP contribution in [0.1, 0.15) is 5.56 Å². The third kappa shape index (κ3) is 1.87. The van der Waals surface area contributed by atoms with E-state index in [0.717, 1.165) is 0 Å². The van der Waals surface area contributed by atoms with Gasteiger partial charge in [-0.1, -0.05) is 24.3 Å². The number of hydrogen-bond donors (Lipinski definition) is 0. The molecule has 0 amide bonds. The minimum atomic E-state index is -0.326. The van der Waals surface area contributed by atoms with E-state index in [-0.39, 0.29) is 5.82 Å². The molecule has 0 aliphatic rings. The minimum Gasteiger partial charge on any atom is -0.206 e. The molecule has 2 aromatic carbocycles. The molecule has 0 bridgehead atoms. The topological polar surface area (TPSA) is 23.8 Å². The lowest BCUT2D eigenvalue weighted by Crippen LogP contribution is -1.84.